The Bertz CT molecular complexity index is 496. The number of allylic oxidation sites excluding steroid dienone is 3. The van der Waals surface area contributed by atoms with Crippen molar-refractivity contribution in [3.63, 3.8) is 0 Å². The maximum absolute atomic E-state index is 12.9. The fourth-order valence-corrected chi connectivity index (χ4v) is 2.10. The van der Waals surface area contributed by atoms with Crippen LogP contribution in [0.1, 0.15) is 12.0 Å². The third-order valence-corrected chi connectivity index (χ3v) is 3.15. The molecular formula is C15H16FNO2. The maximum atomic E-state index is 12.9. The molecule has 0 aromatic heterocycles. The number of rotatable bonds is 5. The van der Waals surface area contributed by atoms with Crippen LogP contribution in [0.3, 0.4) is 0 Å². The molecule has 1 aliphatic carbocycles. The molecule has 1 aromatic rings. The van der Waals surface area contributed by atoms with E-state index in [0.29, 0.717) is 13.0 Å². The molecule has 0 saturated carbocycles. The smallest absolute Gasteiger partial charge is 0.321 e. The second kappa shape index (κ2) is 6.29. The van der Waals surface area contributed by atoms with Crippen LogP contribution in [-0.2, 0) is 11.3 Å². The summed E-state index contributed by atoms with van der Waals surface area (Å²) in [6, 6.07) is 8.89. The Balaban J connectivity index is 1.98. The predicted molar refractivity (Wildman–Crippen MR) is 71.1 cm³/mol. The van der Waals surface area contributed by atoms with E-state index in [1.54, 1.807) is 6.08 Å². The highest BCUT2D eigenvalue weighted by Crippen LogP contribution is 2.20. The summed E-state index contributed by atoms with van der Waals surface area (Å²) in [7, 11) is 0. The fourth-order valence-electron chi connectivity index (χ4n) is 2.10. The van der Waals surface area contributed by atoms with Crippen molar-refractivity contribution in [3.05, 3.63) is 60.0 Å². The van der Waals surface area contributed by atoms with E-state index in [-0.39, 0.29) is 11.7 Å². The number of hydrogen-bond donors (Lipinski definition) is 2. The van der Waals surface area contributed by atoms with Gasteiger partial charge in [-0.1, -0.05) is 36.4 Å². The summed E-state index contributed by atoms with van der Waals surface area (Å²) in [5.74, 6) is -1.44. The molecule has 4 heteroatoms. The van der Waals surface area contributed by atoms with E-state index in [2.05, 4.69) is 5.32 Å². The van der Waals surface area contributed by atoms with Crippen LogP contribution in [0.25, 0.3) is 0 Å². The van der Waals surface area contributed by atoms with Gasteiger partial charge in [0, 0.05) is 12.5 Å². The van der Waals surface area contributed by atoms with Gasteiger partial charge < -0.3 is 5.11 Å². The highest BCUT2D eigenvalue weighted by Gasteiger charge is 2.26. The number of halogens is 1. The van der Waals surface area contributed by atoms with E-state index in [4.69, 9.17) is 0 Å². The van der Waals surface area contributed by atoms with Crippen molar-refractivity contribution < 1.29 is 14.3 Å². The summed E-state index contributed by atoms with van der Waals surface area (Å²) in [4.78, 5) is 11.3. The molecule has 0 saturated heterocycles. The van der Waals surface area contributed by atoms with E-state index >= 15 is 0 Å². The molecule has 1 aliphatic rings. The first kappa shape index (κ1) is 13.5. The number of benzene rings is 1. The monoisotopic (exact) mass is 261 g/mol. The maximum Gasteiger partial charge on any atom is 0.321 e. The van der Waals surface area contributed by atoms with Gasteiger partial charge in [-0.3, -0.25) is 10.1 Å². The molecule has 0 amide bonds. The first-order valence-corrected chi connectivity index (χ1v) is 6.21. The molecule has 1 aromatic carbocycles. The van der Waals surface area contributed by atoms with Crippen LogP contribution in [0.4, 0.5) is 4.39 Å². The van der Waals surface area contributed by atoms with Crippen LogP contribution in [0.5, 0.6) is 0 Å². The van der Waals surface area contributed by atoms with Crippen molar-refractivity contribution in [1.82, 2.24) is 5.32 Å². The Morgan fingerprint density at radius 1 is 1.42 bits per heavy atom. The number of aliphatic carboxylic acids is 1. The standard InChI is InChI=1S/C15H16FNO2/c16-13-8-6-12(7-9-13)14(15(18)19)17-10-11-4-2-1-3-5-11/h1-6,8-9,12,14,17H,7,10H2,(H,18,19)/t12?,14-/m0/s1. The van der Waals surface area contributed by atoms with Crippen LogP contribution in [0.15, 0.2) is 54.4 Å². The van der Waals surface area contributed by atoms with E-state index < -0.39 is 12.0 Å². The van der Waals surface area contributed by atoms with Crippen molar-refractivity contribution in [1.29, 1.82) is 0 Å². The minimum absolute atomic E-state index is 0.222. The van der Waals surface area contributed by atoms with Gasteiger partial charge in [0.2, 0.25) is 0 Å². The van der Waals surface area contributed by atoms with E-state index in [1.807, 2.05) is 30.3 Å². The largest absolute Gasteiger partial charge is 0.480 e. The molecule has 1 unspecified atom stereocenters. The van der Waals surface area contributed by atoms with Crippen molar-refractivity contribution in [2.24, 2.45) is 5.92 Å². The topological polar surface area (TPSA) is 49.3 Å². The summed E-state index contributed by atoms with van der Waals surface area (Å²) >= 11 is 0. The fraction of sp³-hybridized carbons (Fsp3) is 0.267. The van der Waals surface area contributed by atoms with Gasteiger partial charge >= 0.3 is 5.97 Å². The second-order valence-corrected chi connectivity index (χ2v) is 4.53. The Labute approximate surface area is 111 Å². The average molecular weight is 261 g/mol. The third-order valence-electron chi connectivity index (χ3n) is 3.15. The summed E-state index contributed by atoms with van der Waals surface area (Å²) in [5.41, 5.74) is 1.02. The molecular weight excluding hydrogens is 245 g/mol. The molecule has 2 rings (SSSR count). The van der Waals surface area contributed by atoms with Crippen LogP contribution in [-0.4, -0.2) is 17.1 Å². The summed E-state index contributed by atoms with van der Waals surface area (Å²) in [6.45, 7) is 0.480. The van der Waals surface area contributed by atoms with Gasteiger partial charge in [-0.2, -0.15) is 0 Å². The number of carboxylic acids is 1. The zero-order valence-corrected chi connectivity index (χ0v) is 10.4. The van der Waals surface area contributed by atoms with Crippen LogP contribution in [0, 0.1) is 5.92 Å². The van der Waals surface area contributed by atoms with Crippen molar-refractivity contribution in [3.8, 4) is 0 Å². The summed E-state index contributed by atoms with van der Waals surface area (Å²) < 4.78 is 12.9. The molecule has 0 spiro atoms. The van der Waals surface area contributed by atoms with Gasteiger partial charge in [0.25, 0.3) is 0 Å². The lowest BCUT2D eigenvalue weighted by atomic mass is 9.92. The van der Waals surface area contributed by atoms with Gasteiger partial charge in [0.05, 0.1) is 0 Å². The molecule has 2 atom stereocenters. The van der Waals surface area contributed by atoms with Crippen molar-refractivity contribution in [2.45, 2.75) is 19.0 Å². The zero-order chi connectivity index (χ0) is 13.7. The van der Waals surface area contributed by atoms with Crippen molar-refractivity contribution >= 4 is 5.97 Å². The SMILES string of the molecule is O=C(O)[C@@H](NCc1ccccc1)C1C=CC(F)=CC1. The minimum Gasteiger partial charge on any atom is -0.480 e. The lowest BCUT2D eigenvalue weighted by Crippen LogP contribution is -2.42. The summed E-state index contributed by atoms with van der Waals surface area (Å²) in [5, 5.41) is 12.3. The molecule has 0 radical (unpaired) electrons. The molecule has 0 heterocycles. The average Bonchev–Trinajstić information content (AvgIpc) is 2.42. The zero-order valence-electron chi connectivity index (χ0n) is 10.4. The second-order valence-electron chi connectivity index (χ2n) is 4.53. The van der Waals surface area contributed by atoms with Gasteiger partial charge in [0.1, 0.15) is 11.9 Å². The molecule has 0 bridgehead atoms. The van der Waals surface area contributed by atoms with Gasteiger partial charge in [-0.05, 0) is 24.1 Å². The first-order chi connectivity index (χ1) is 9.16. The Hall–Kier alpha value is -1.94. The highest BCUT2D eigenvalue weighted by atomic mass is 19.1. The lowest BCUT2D eigenvalue weighted by molar-refractivity contribution is -0.140. The van der Waals surface area contributed by atoms with Gasteiger partial charge in [-0.15, -0.1) is 0 Å². The first-order valence-electron chi connectivity index (χ1n) is 6.21. The van der Waals surface area contributed by atoms with E-state index in [1.165, 1.54) is 12.2 Å². The van der Waals surface area contributed by atoms with E-state index in [9.17, 15) is 14.3 Å². The number of carboxylic acid groups (broad SMARTS) is 1. The molecule has 0 fully saturated rings. The quantitative estimate of drug-likeness (QED) is 0.856. The van der Waals surface area contributed by atoms with Gasteiger partial charge in [-0.25, -0.2) is 4.39 Å². The van der Waals surface area contributed by atoms with Crippen molar-refractivity contribution in [2.75, 3.05) is 0 Å². The Kier molecular flexibility index (Phi) is 4.47. The molecule has 2 N–H and O–H groups in total. The molecule has 0 aliphatic heterocycles. The molecule has 3 nitrogen and oxygen atoms in total. The Morgan fingerprint density at radius 2 is 2.16 bits per heavy atom. The predicted octanol–water partition coefficient (Wildman–Crippen LogP) is 2.66. The normalized spacial score (nSPS) is 19.8. The third kappa shape index (κ3) is 3.76. The molecule has 100 valence electrons. The number of nitrogens with one attached hydrogen (secondary N) is 1. The van der Waals surface area contributed by atoms with E-state index in [0.717, 1.165) is 5.56 Å². The molecule has 19 heavy (non-hydrogen) atoms. The lowest BCUT2D eigenvalue weighted by Gasteiger charge is -2.23. The Morgan fingerprint density at radius 3 is 2.74 bits per heavy atom. The van der Waals surface area contributed by atoms with Gasteiger partial charge in [0.15, 0.2) is 0 Å². The highest BCUT2D eigenvalue weighted by molar-refractivity contribution is 5.74. The minimum atomic E-state index is -0.915. The number of hydrogen-bond acceptors (Lipinski definition) is 2. The van der Waals surface area contributed by atoms with Crippen LogP contribution < -0.4 is 5.32 Å². The van der Waals surface area contributed by atoms with Crippen LogP contribution in [0.2, 0.25) is 0 Å². The van der Waals surface area contributed by atoms with Crippen LogP contribution >= 0.6 is 0 Å². The summed E-state index contributed by atoms with van der Waals surface area (Å²) in [6.07, 6.45) is 4.77. The number of carbonyl (C=O) groups is 1.